The lowest BCUT2D eigenvalue weighted by atomic mass is 9.84. The van der Waals surface area contributed by atoms with Gasteiger partial charge in [0.2, 0.25) is 0 Å². The lowest BCUT2D eigenvalue weighted by Crippen LogP contribution is -2.47. The van der Waals surface area contributed by atoms with Gasteiger partial charge in [-0.15, -0.1) is 11.3 Å². The summed E-state index contributed by atoms with van der Waals surface area (Å²) in [4.78, 5) is 35.1. The molecule has 1 aliphatic rings. The Balaban J connectivity index is 1.57. The van der Waals surface area contributed by atoms with Crippen molar-refractivity contribution < 1.29 is 28.9 Å². The maximum Gasteiger partial charge on any atom is 0.408 e. The van der Waals surface area contributed by atoms with Crippen molar-refractivity contribution in [1.82, 2.24) is 19.9 Å². The maximum atomic E-state index is 12.9. The molecule has 0 spiro atoms. The van der Waals surface area contributed by atoms with Gasteiger partial charge in [-0.25, -0.2) is 14.6 Å². The van der Waals surface area contributed by atoms with Crippen molar-refractivity contribution >= 4 is 34.3 Å². The van der Waals surface area contributed by atoms with Gasteiger partial charge >= 0.3 is 12.1 Å². The molecule has 0 bridgehead atoms. The number of rotatable bonds is 11. The Labute approximate surface area is 274 Å². The van der Waals surface area contributed by atoms with Crippen LogP contribution in [0.5, 0.6) is 0 Å². The van der Waals surface area contributed by atoms with Crippen LogP contribution in [0.3, 0.4) is 0 Å². The predicted molar refractivity (Wildman–Crippen MR) is 179 cm³/mol. The van der Waals surface area contributed by atoms with E-state index in [0.717, 1.165) is 56.2 Å². The number of aromatic nitrogens is 3. The van der Waals surface area contributed by atoms with E-state index >= 15 is 0 Å². The predicted octanol–water partition coefficient (Wildman–Crippen LogP) is 6.48. The van der Waals surface area contributed by atoms with E-state index in [1.165, 1.54) is 18.4 Å². The summed E-state index contributed by atoms with van der Waals surface area (Å²) < 4.78 is 18.3. The number of thiazole rings is 1. The van der Waals surface area contributed by atoms with Crippen LogP contribution >= 0.6 is 11.3 Å². The van der Waals surface area contributed by atoms with E-state index in [0.29, 0.717) is 19.4 Å². The first-order chi connectivity index (χ1) is 21.8. The number of carbonyl (C=O) groups excluding carboxylic acids is 2. The number of esters is 1. The summed E-state index contributed by atoms with van der Waals surface area (Å²) in [5.41, 5.74) is 4.53. The largest absolute Gasteiger partial charge is 0.467 e. The molecular weight excluding hydrogens is 604 g/mol. The first-order valence-corrected chi connectivity index (χ1v) is 16.4. The van der Waals surface area contributed by atoms with Gasteiger partial charge in [0.25, 0.3) is 0 Å². The number of aliphatic hydroxyl groups is 1. The third-order valence-corrected chi connectivity index (χ3v) is 9.26. The van der Waals surface area contributed by atoms with Gasteiger partial charge in [0.05, 0.1) is 30.8 Å². The van der Waals surface area contributed by atoms with Gasteiger partial charge in [0, 0.05) is 59.8 Å². The van der Waals surface area contributed by atoms with Crippen LogP contribution in [0.1, 0.15) is 70.8 Å². The highest BCUT2D eigenvalue weighted by molar-refractivity contribution is 7.13. The zero-order valence-corrected chi connectivity index (χ0v) is 28.7. The Morgan fingerprint density at radius 2 is 1.93 bits per heavy atom. The monoisotopic (exact) mass is 648 g/mol. The van der Waals surface area contributed by atoms with Gasteiger partial charge in [-0.2, -0.15) is 0 Å². The summed E-state index contributed by atoms with van der Waals surface area (Å²) in [6, 6.07) is 10.4. The van der Waals surface area contributed by atoms with Crippen molar-refractivity contribution in [2.24, 2.45) is 5.41 Å². The number of benzene rings is 1. The number of methoxy groups -OCH3 is 2. The molecule has 3 aromatic heterocycles. The molecule has 1 amide bonds. The SMILES string of the molecule is CCn1c(-c2cccnc2COC)c(CC(C)(C)CO)c2cc(-c3nc(C4CC4(NC(=O)OC(C)(C)C)C(=O)OC)cs3)ccc21. The van der Waals surface area contributed by atoms with E-state index in [9.17, 15) is 14.7 Å². The third-order valence-electron chi connectivity index (χ3n) is 8.35. The molecule has 46 heavy (non-hydrogen) atoms. The molecule has 246 valence electrons. The van der Waals surface area contributed by atoms with Crippen LogP contribution in [0, 0.1) is 5.41 Å². The first kappa shape index (κ1) is 33.6. The van der Waals surface area contributed by atoms with Gasteiger partial charge < -0.3 is 29.2 Å². The second kappa shape index (κ2) is 12.8. The molecule has 10 nitrogen and oxygen atoms in total. The normalized spacial score (nSPS) is 18.1. The molecule has 3 heterocycles. The van der Waals surface area contributed by atoms with Gasteiger partial charge in [-0.3, -0.25) is 4.98 Å². The molecule has 1 aliphatic carbocycles. The highest BCUT2D eigenvalue weighted by Crippen LogP contribution is 2.53. The molecule has 1 aromatic carbocycles. The number of hydrogen-bond donors (Lipinski definition) is 2. The van der Waals surface area contributed by atoms with Crippen LogP contribution in [0.4, 0.5) is 4.79 Å². The number of amides is 1. The summed E-state index contributed by atoms with van der Waals surface area (Å²) in [5, 5.41) is 16.9. The first-order valence-electron chi connectivity index (χ1n) is 15.5. The summed E-state index contributed by atoms with van der Waals surface area (Å²) in [6.45, 7) is 12.7. The van der Waals surface area contributed by atoms with E-state index in [2.05, 4.69) is 59.9 Å². The van der Waals surface area contributed by atoms with Crippen molar-refractivity contribution in [2.75, 3.05) is 20.8 Å². The fourth-order valence-electron chi connectivity index (χ4n) is 6.09. The molecule has 1 saturated carbocycles. The number of nitrogens with zero attached hydrogens (tertiary/aromatic N) is 3. The molecular formula is C35H44N4O6S. The summed E-state index contributed by atoms with van der Waals surface area (Å²) in [7, 11) is 2.98. The average molecular weight is 649 g/mol. The summed E-state index contributed by atoms with van der Waals surface area (Å²) >= 11 is 1.49. The Morgan fingerprint density at radius 3 is 2.59 bits per heavy atom. The average Bonchev–Trinajstić information content (AvgIpc) is 3.37. The second-order valence-electron chi connectivity index (χ2n) is 13.7. The standard InChI is InChI=1S/C35H44N4O6S/c1-9-39-28-13-12-21(15-23(28)24(16-34(5,6)20-40)29(39)22-11-10-14-36-26(22)18-43-7)30-37-27(19-46-30)25-17-35(25,31(41)44-8)38-32(42)45-33(2,3)4/h10-15,19,25,40H,9,16-18,20H2,1-8H3,(H,38,42). The minimum absolute atomic E-state index is 0.0411. The number of pyridine rings is 1. The smallest absolute Gasteiger partial charge is 0.408 e. The molecule has 0 radical (unpaired) electrons. The topological polar surface area (TPSA) is 125 Å². The Kier molecular flexibility index (Phi) is 9.32. The second-order valence-corrected chi connectivity index (χ2v) is 14.5. The third kappa shape index (κ3) is 6.54. The number of aryl methyl sites for hydroxylation is 1. The number of fused-ring (bicyclic) bond motifs is 1. The molecule has 0 aliphatic heterocycles. The minimum Gasteiger partial charge on any atom is -0.467 e. The van der Waals surface area contributed by atoms with E-state index in [-0.39, 0.29) is 17.9 Å². The van der Waals surface area contributed by atoms with Gasteiger partial charge in [0.15, 0.2) is 0 Å². The van der Waals surface area contributed by atoms with Crippen LogP contribution < -0.4 is 5.32 Å². The van der Waals surface area contributed by atoms with Crippen LogP contribution in [-0.4, -0.2) is 63.7 Å². The van der Waals surface area contributed by atoms with Crippen LogP contribution in [0.15, 0.2) is 41.9 Å². The Bertz CT molecular complexity index is 1750. The number of nitrogens with one attached hydrogen (secondary N) is 1. The van der Waals surface area contributed by atoms with E-state index in [4.69, 9.17) is 19.2 Å². The highest BCUT2D eigenvalue weighted by atomic mass is 32.1. The van der Waals surface area contributed by atoms with Crippen molar-refractivity contribution in [3.8, 4) is 21.8 Å². The van der Waals surface area contributed by atoms with E-state index in [1.807, 2.05) is 11.4 Å². The quantitative estimate of drug-likeness (QED) is 0.177. The fourth-order valence-corrected chi connectivity index (χ4v) is 6.96. The summed E-state index contributed by atoms with van der Waals surface area (Å²) in [6.07, 6.45) is 2.14. The van der Waals surface area contributed by atoms with Gasteiger partial charge in [-0.05, 0) is 81.8 Å². The maximum absolute atomic E-state index is 12.9. The van der Waals surface area contributed by atoms with Crippen LogP contribution in [-0.2, 0) is 38.6 Å². The Morgan fingerprint density at radius 1 is 1.17 bits per heavy atom. The molecule has 4 aromatic rings. The molecule has 11 heteroatoms. The Hall–Kier alpha value is -3.80. The number of carbonyl (C=O) groups is 2. The lowest BCUT2D eigenvalue weighted by molar-refractivity contribution is -0.144. The minimum atomic E-state index is -1.22. The van der Waals surface area contributed by atoms with Crippen molar-refractivity contribution in [1.29, 1.82) is 0 Å². The van der Waals surface area contributed by atoms with Gasteiger partial charge in [-0.1, -0.05) is 13.8 Å². The number of ether oxygens (including phenoxy) is 3. The zero-order valence-electron chi connectivity index (χ0n) is 27.9. The number of aliphatic hydroxyl groups excluding tert-OH is 1. The van der Waals surface area contributed by atoms with Crippen molar-refractivity contribution in [2.45, 2.75) is 84.6 Å². The van der Waals surface area contributed by atoms with Gasteiger partial charge in [0.1, 0.15) is 16.1 Å². The highest BCUT2D eigenvalue weighted by Gasteiger charge is 2.64. The van der Waals surface area contributed by atoms with Crippen LogP contribution in [0.25, 0.3) is 32.7 Å². The van der Waals surface area contributed by atoms with E-state index < -0.39 is 23.2 Å². The van der Waals surface area contributed by atoms with Crippen molar-refractivity contribution in [3.05, 3.63) is 58.9 Å². The van der Waals surface area contributed by atoms with E-state index in [1.54, 1.807) is 34.1 Å². The number of hydrogen-bond acceptors (Lipinski definition) is 9. The van der Waals surface area contributed by atoms with Crippen molar-refractivity contribution in [3.63, 3.8) is 0 Å². The fraction of sp³-hybridized carbons (Fsp3) is 0.486. The molecule has 1 fully saturated rings. The zero-order chi connectivity index (χ0) is 33.4. The molecule has 2 atom stereocenters. The number of alkyl carbamates (subject to hydrolysis) is 1. The molecule has 2 N–H and O–H groups in total. The summed E-state index contributed by atoms with van der Waals surface area (Å²) in [5.74, 6) is -0.855. The molecule has 0 saturated heterocycles. The van der Waals surface area contributed by atoms with Crippen LogP contribution in [0.2, 0.25) is 0 Å². The molecule has 2 unspecified atom stereocenters. The molecule has 5 rings (SSSR count). The lowest BCUT2D eigenvalue weighted by Gasteiger charge is -2.23.